The molecular weight excluding hydrogens is 174 g/mol. The van der Waals surface area contributed by atoms with Crippen LogP contribution in [0.1, 0.15) is 47.0 Å². The molecule has 0 radical (unpaired) electrons. The predicted molar refractivity (Wildman–Crippen MR) is 59.3 cm³/mol. The zero-order valence-corrected chi connectivity index (χ0v) is 9.92. The van der Waals surface area contributed by atoms with Crippen molar-refractivity contribution in [2.75, 3.05) is 6.54 Å². The second kappa shape index (κ2) is 4.92. The number of piperidine rings is 1. The van der Waals surface area contributed by atoms with Crippen LogP contribution in [0.4, 0.5) is 0 Å². The lowest BCUT2D eigenvalue weighted by Crippen LogP contribution is -2.50. The summed E-state index contributed by atoms with van der Waals surface area (Å²) in [4.78, 5) is 14.0. The average Bonchev–Trinajstić information content (AvgIpc) is 2.20. The van der Waals surface area contributed by atoms with Gasteiger partial charge in [-0.2, -0.15) is 0 Å². The van der Waals surface area contributed by atoms with Crippen LogP contribution in [0, 0.1) is 5.92 Å². The topological polar surface area (TPSA) is 20.3 Å². The van der Waals surface area contributed by atoms with E-state index in [1.807, 2.05) is 6.92 Å². The molecule has 14 heavy (non-hydrogen) atoms. The number of Topliss-reactive ketones (excluding diaryl/α,β-unsaturated/α-hetero) is 1. The molecule has 0 aromatic rings. The van der Waals surface area contributed by atoms with Gasteiger partial charge in [0, 0.05) is 12.5 Å². The third-order valence-electron chi connectivity index (χ3n) is 3.73. The summed E-state index contributed by atoms with van der Waals surface area (Å²) in [6, 6.07) is 0.687. The largest absolute Gasteiger partial charge is 0.298 e. The Hall–Kier alpha value is -0.370. The highest BCUT2D eigenvalue weighted by atomic mass is 16.1. The molecule has 0 aromatic carbocycles. The van der Waals surface area contributed by atoms with Crippen molar-refractivity contribution in [2.24, 2.45) is 5.92 Å². The van der Waals surface area contributed by atoms with Gasteiger partial charge in [-0.15, -0.1) is 0 Å². The van der Waals surface area contributed by atoms with Crippen molar-refractivity contribution in [3.63, 3.8) is 0 Å². The van der Waals surface area contributed by atoms with Crippen LogP contribution in [0.5, 0.6) is 0 Å². The second-order valence-electron chi connectivity index (χ2n) is 4.59. The number of nitrogens with zero attached hydrogens (tertiary/aromatic N) is 1. The number of likely N-dealkylation sites (tertiary alicyclic amines) is 1. The Balaban J connectivity index is 2.61. The minimum absolute atomic E-state index is 0.123. The summed E-state index contributed by atoms with van der Waals surface area (Å²) in [5, 5.41) is 0. The van der Waals surface area contributed by atoms with Gasteiger partial charge in [-0.1, -0.05) is 13.8 Å². The van der Waals surface area contributed by atoms with Gasteiger partial charge in [-0.05, 0) is 39.2 Å². The summed E-state index contributed by atoms with van der Waals surface area (Å²) in [6.07, 6.45) is 3.22. The maximum atomic E-state index is 11.6. The van der Waals surface area contributed by atoms with Crippen LogP contribution in [0.15, 0.2) is 0 Å². The Morgan fingerprint density at radius 3 is 2.71 bits per heavy atom. The van der Waals surface area contributed by atoms with E-state index in [9.17, 15) is 4.79 Å². The maximum Gasteiger partial charge on any atom is 0.149 e. The molecule has 0 aliphatic carbocycles. The Morgan fingerprint density at radius 1 is 1.50 bits per heavy atom. The van der Waals surface area contributed by atoms with E-state index in [-0.39, 0.29) is 6.04 Å². The zero-order chi connectivity index (χ0) is 10.7. The molecule has 0 saturated carbocycles. The van der Waals surface area contributed by atoms with Crippen molar-refractivity contribution in [3.8, 4) is 0 Å². The smallest absolute Gasteiger partial charge is 0.149 e. The Morgan fingerprint density at radius 2 is 2.14 bits per heavy atom. The molecule has 1 heterocycles. The van der Waals surface area contributed by atoms with Gasteiger partial charge >= 0.3 is 0 Å². The van der Waals surface area contributed by atoms with E-state index in [0.717, 1.165) is 12.5 Å². The van der Waals surface area contributed by atoms with Gasteiger partial charge in [0.1, 0.15) is 5.78 Å². The molecule has 2 heteroatoms. The number of rotatable bonds is 3. The van der Waals surface area contributed by atoms with E-state index in [4.69, 9.17) is 0 Å². The Bertz CT molecular complexity index is 202. The lowest BCUT2D eigenvalue weighted by Gasteiger charge is -2.41. The van der Waals surface area contributed by atoms with Crippen LogP contribution >= 0.6 is 0 Å². The predicted octanol–water partition coefficient (Wildman–Crippen LogP) is 2.47. The van der Waals surface area contributed by atoms with Crippen LogP contribution in [0.2, 0.25) is 0 Å². The fourth-order valence-corrected chi connectivity index (χ4v) is 2.39. The highest BCUT2D eigenvalue weighted by Gasteiger charge is 2.30. The van der Waals surface area contributed by atoms with Crippen LogP contribution in [-0.2, 0) is 4.79 Å². The van der Waals surface area contributed by atoms with Gasteiger partial charge in [-0.25, -0.2) is 0 Å². The van der Waals surface area contributed by atoms with Crippen LogP contribution in [0.25, 0.3) is 0 Å². The highest BCUT2D eigenvalue weighted by molar-refractivity contribution is 5.83. The molecule has 2 nitrogen and oxygen atoms in total. The first-order valence-electron chi connectivity index (χ1n) is 5.86. The first kappa shape index (κ1) is 11.7. The van der Waals surface area contributed by atoms with Crippen LogP contribution in [0.3, 0.4) is 0 Å². The maximum absolute atomic E-state index is 11.6. The molecule has 0 spiro atoms. The van der Waals surface area contributed by atoms with Crippen molar-refractivity contribution < 1.29 is 4.79 Å². The zero-order valence-electron chi connectivity index (χ0n) is 9.92. The van der Waals surface area contributed by atoms with Crippen LogP contribution in [-0.4, -0.2) is 29.3 Å². The van der Waals surface area contributed by atoms with Gasteiger partial charge in [0.05, 0.1) is 6.04 Å². The molecule has 1 fully saturated rings. The molecule has 0 N–H and O–H groups in total. The van der Waals surface area contributed by atoms with E-state index in [1.165, 1.54) is 12.8 Å². The standard InChI is InChI=1S/C12H23NO/c1-5-12(14)11(4)13-8-6-7-9(2)10(13)3/h9-11H,5-8H2,1-4H3. The van der Waals surface area contributed by atoms with Gasteiger partial charge in [0.15, 0.2) is 0 Å². The van der Waals surface area contributed by atoms with Crippen LogP contribution < -0.4 is 0 Å². The molecule has 0 amide bonds. The molecule has 1 aliphatic heterocycles. The molecule has 1 saturated heterocycles. The quantitative estimate of drug-likeness (QED) is 0.692. The van der Waals surface area contributed by atoms with E-state index < -0.39 is 0 Å². The number of carbonyl (C=O) groups excluding carboxylic acids is 1. The normalized spacial score (nSPS) is 31.4. The average molecular weight is 197 g/mol. The molecule has 1 aliphatic rings. The minimum atomic E-state index is 0.123. The number of carbonyl (C=O) groups is 1. The summed E-state index contributed by atoms with van der Waals surface area (Å²) in [7, 11) is 0. The molecule has 0 bridgehead atoms. The van der Waals surface area contributed by atoms with Gasteiger partial charge in [0.25, 0.3) is 0 Å². The molecule has 1 rings (SSSR count). The van der Waals surface area contributed by atoms with Crippen molar-refractivity contribution in [1.82, 2.24) is 4.90 Å². The number of hydrogen-bond acceptors (Lipinski definition) is 2. The lowest BCUT2D eigenvalue weighted by molar-refractivity contribution is -0.125. The van der Waals surface area contributed by atoms with Crippen molar-refractivity contribution in [2.45, 2.75) is 59.0 Å². The molecule has 3 atom stereocenters. The fourth-order valence-electron chi connectivity index (χ4n) is 2.39. The first-order chi connectivity index (χ1) is 6.57. The second-order valence-corrected chi connectivity index (χ2v) is 4.59. The van der Waals surface area contributed by atoms with Gasteiger partial charge < -0.3 is 0 Å². The summed E-state index contributed by atoms with van der Waals surface area (Å²) in [5.74, 6) is 1.11. The van der Waals surface area contributed by atoms with E-state index in [0.29, 0.717) is 18.2 Å². The summed E-state index contributed by atoms with van der Waals surface area (Å²) in [6.45, 7) is 9.65. The summed E-state index contributed by atoms with van der Waals surface area (Å²) < 4.78 is 0. The van der Waals surface area contributed by atoms with Crippen molar-refractivity contribution in [3.05, 3.63) is 0 Å². The SMILES string of the molecule is CCC(=O)C(C)N1CCCC(C)C1C. The van der Waals surface area contributed by atoms with Crippen molar-refractivity contribution in [1.29, 1.82) is 0 Å². The number of ketones is 1. The van der Waals surface area contributed by atoms with E-state index >= 15 is 0 Å². The molecule has 82 valence electrons. The Labute approximate surface area is 87.7 Å². The summed E-state index contributed by atoms with van der Waals surface area (Å²) >= 11 is 0. The third kappa shape index (κ3) is 2.35. The van der Waals surface area contributed by atoms with Gasteiger partial charge in [0.2, 0.25) is 0 Å². The fraction of sp³-hybridized carbons (Fsp3) is 0.917. The molecule has 0 aromatic heterocycles. The minimum Gasteiger partial charge on any atom is -0.298 e. The highest BCUT2D eigenvalue weighted by Crippen LogP contribution is 2.25. The van der Waals surface area contributed by atoms with Gasteiger partial charge in [-0.3, -0.25) is 9.69 Å². The van der Waals surface area contributed by atoms with E-state index in [1.54, 1.807) is 0 Å². The van der Waals surface area contributed by atoms with E-state index in [2.05, 4.69) is 25.7 Å². The molecular formula is C12H23NO. The third-order valence-corrected chi connectivity index (χ3v) is 3.73. The monoisotopic (exact) mass is 197 g/mol. The number of hydrogen-bond donors (Lipinski definition) is 0. The van der Waals surface area contributed by atoms with Crippen molar-refractivity contribution >= 4 is 5.78 Å². The lowest BCUT2D eigenvalue weighted by atomic mass is 9.90. The Kier molecular flexibility index (Phi) is 4.11. The molecule has 3 unspecified atom stereocenters. The first-order valence-corrected chi connectivity index (χ1v) is 5.86. The summed E-state index contributed by atoms with van der Waals surface area (Å²) in [5.41, 5.74) is 0.